The second-order valence-corrected chi connectivity index (χ2v) is 5.36. The van der Waals surface area contributed by atoms with E-state index in [1.54, 1.807) is 0 Å². The lowest BCUT2D eigenvalue weighted by molar-refractivity contribution is 0.187. The molecule has 1 aromatic rings. The summed E-state index contributed by atoms with van der Waals surface area (Å²) in [5.74, 6) is 0.607. The molecule has 1 atom stereocenters. The van der Waals surface area contributed by atoms with Crippen LogP contribution in [-0.2, 0) is 0 Å². The van der Waals surface area contributed by atoms with Crippen molar-refractivity contribution in [3.05, 3.63) is 35.9 Å². The molecule has 0 bridgehead atoms. The van der Waals surface area contributed by atoms with Gasteiger partial charge in [-0.3, -0.25) is 4.90 Å². The Balaban J connectivity index is 2.57. The molecule has 2 nitrogen and oxygen atoms in total. The maximum atomic E-state index is 8.79. The molecule has 1 rings (SSSR count). The fraction of sp³-hybridized carbons (Fsp3) is 0.625. The van der Waals surface area contributed by atoms with Crippen molar-refractivity contribution in [3.63, 3.8) is 0 Å². The number of unbranched alkanes of at least 4 members (excludes halogenated alkanes) is 2. The first-order chi connectivity index (χ1) is 8.66. The van der Waals surface area contributed by atoms with Gasteiger partial charge in [-0.1, -0.05) is 44.2 Å². The lowest BCUT2D eigenvalue weighted by atomic mass is 9.94. The zero-order chi connectivity index (χ0) is 13.4. The van der Waals surface area contributed by atoms with Crippen LogP contribution in [-0.4, -0.2) is 30.2 Å². The Kier molecular flexibility index (Phi) is 6.99. The maximum Gasteiger partial charge on any atom is 0.0431 e. The van der Waals surface area contributed by atoms with E-state index in [9.17, 15) is 0 Å². The molecule has 0 fully saturated rings. The van der Waals surface area contributed by atoms with Gasteiger partial charge in [0.15, 0.2) is 0 Å². The lowest BCUT2D eigenvalue weighted by Crippen LogP contribution is -2.29. The topological polar surface area (TPSA) is 23.5 Å². The third-order valence-electron chi connectivity index (χ3n) is 3.42. The highest BCUT2D eigenvalue weighted by Gasteiger charge is 2.19. The lowest BCUT2D eigenvalue weighted by Gasteiger charge is -2.31. The Morgan fingerprint density at radius 2 is 1.72 bits per heavy atom. The van der Waals surface area contributed by atoms with Gasteiger partial charge in [0.1, 0.15) is 0 Å². The molecule has 2 heteroatoms. The molecule has 0 spiro atoms. The van der Waals surface area contributed by atoms with Gasteiger partial charge in [-0.15, -0.1) is 0 Å². The molecule has 102 valence electrons. The van der Waals surface area contributed by atoms with Gasteiger partial charge in [-0.25, -0.2) is 0 Å². The summed E-state index contributed by atoms with van der Waals surface area (Å²) in [6, 6.07) is 11.2. The van der Waals surface area contributed by atoms with E-state index in [2.05, 4.69) is 56.1 Å². The van der Waals surface area contributed by atoms with Gasteiger partial charge in [0.25, 0.3) is 0 Å². The van der Waals surface area contributed by atoms with Crippen molar-refractivity contribution in [2.75, 3.05) is 20.2 Å². The van der Waals surface area contributed by atoms with E-state index in [1.807, 2.05) is 0 Å². The summed E-state index contributed by atoms with van der Waals surface area (Å²) in [6.45, 7) is 5.97. The predicted molar refractivity (Wildman–Crippen MR) is 77.6 cm³/mol. The van der Waals surface area contributed by atoms with Crippen molar-refractivity contribution in [2.45, 2.75) is 39.2 Å². The van der Waals surface area contributed by atoms with Gasteiger partial charge in [0.2, 0.25) is 0 Å². The van der Waals surface area contributed by atoms with Crippen LogP contribution in [0.4, 0.5) is 0 Å². The molecule has 0 heterocycles. The summed E-state index contributed by atoms with van der Waals surface area (Å²) in [7, 11) is 2.20. The smallest absolute Gasteiger partial charge is 0.0431 e. The van der Waals surface area contributed by atoms with Crippen LogP contribution >= 0.6 is 0 Å². The van der Waals surface area contributed by atoms with Crippen LogP contribution in [0.25, 0.3) is 0 Å². The summed E-state index contributed by atoms with van der Waals surface area (Å²) < 4.78 is 0. The number of aliphatic hydroxyl groups excluding tert-OH is 1. The molecule has 18 heavy (non-hydrogen) atoms. The van der Waals surface area contributed by atoms with Crippen molar-refractivity contribution in [2.24, 2.45) is 5.92 Å². The molecular formula is C16H27NO. The highest BCUT2D eigenvalue weighted by atomic mass is 16.2. The minimum Gasteiger partial charge on any atom is -0.396 e. The van der Waals surface area contributed by atoms with Gasteiger partial charge in [-0.05, 0) is 44.3 Å². The van der Waals surface area contributed by atoms with E-state index in [4.69, 9.17) is 5.11 Å². The van der Waals surface area contributed by atoms with Crippen LogP contribution in [0.1, 0.15) is 44.7 Å². The van der Waals surface area contributed by atoms with Gasteiger partial charge in [0.05, 0.1) is 0 Å². The van der Waals surface area contributed by atoms with Gasteiger partial charge in [0, 0.05) is 12.6 Å². The van der Waals surface area contributed by atoms with E-state index in [1.165, 1.54) is 5.56 Å². The van der Waals surface area contributed by atoms with Crippen molar-refractivity contribution >= 4 is 0 Å². The fourth-order valence-electron chi connectivity index (χ4n) is 2.59. The SMILES string of the molecule is CC(C)C(c1ccccc1)N(C)CCCCCO. The molecule has 1 unspecified atom stereocenters. The molecule has 0 aliphatic carbocycles. The Morgan fingerprint density at radius 3 is 2.28 bits per heavy atom. The predicted octanol–water partition coefficient (Wildman–Crippen LogP) is 3.48. The average molecular weight is 249 g/mol. The summed E-state index contributed by atoms with van der Waals surface area (Å²) in [6.07, 6.45) is 3.19. The minimum absolute atomic E-state index is 0.315. The van der Waals surface area contributed by atoms with Gasteiger partial charge in [-0.2, -0.15) is 0 Å². The van der Waals surface area contributed by atoms with E-state index in [0.29, 0.717) is 18.6 Å². The van der Waals surface area contributed by atoms with Gasteiger partial charge < -0.3 is 5.11 Å². The fourth-order valence-corrected chi connectivity index (χ4v) is 2.59. The molecule has 0 amide bonds. The molecule has 1 N–H and O–H groups in total. The normalized spacial score (nSPS) is 13.2. The standard InChI is InChI=1S/C16H27NO/c1-14(2)16(15-10-6-4-7-11-15)17(3)12-8-5-9-13-18/h4,6-7,10-11,14,16,18H,5,8-9,12-13H2,1-3H3. The Morgan fingerprint density at radius 1 is 1.06 bits per heavy atom. The van der Waals surface area contributed by atoms with Crippen molar-refractivity contribution in [1.82, 2.24) is 4.90 Å². The third kappa shape index (κ3) is 4.79. The van der Waals surface area contributed by atoms with Crippen LogP contribution in [0.5, 0.6) is 0 Å². The Bertz CT molecular complexity index is 310. The summed E-state index contributed by atoms with van der Waals surface area (Å²) in [5.41, 5.74) is 1.40. The molecular weight excluding hydrogens is 222 g/mol. The number of nitrogens with zero attached hydrogens (tertiary/aromatic N) is 1. The van der Waals surface area contributed by atoms with Crippen molar-refractivity contribution < 1.29 is 5.11 Å². The second-order valence-electron chi connectivity index (χ2n) is 5.36. The first-order valence-corrected chi connectivity index (χ1v) is 7.03. The van der Waals surface area contributed by atoms with Crippen LogP contribution in [0, 0.1) is 5.92 Å². The average Bonchev–Trinajstić information content (AvgIpc) is 2.36. The summed E-state index contributed by atoms with van der Waals surface area (Å²) in [4.78, 5) is 2.44. The molecule has 0 aliphatic heterocycles. The van der Waals surface area contributed by atoms with E-state index in [-0.39, 0.29) is 0 Å². The molecule has 0 aliphatic rings. The van der Waals surface area contributed by atoms with Crippen molar-refractivity contribution in [3.8, 4) is 0 Å². The van der Waals surface area contributed by atoms with E-state index >= 15 is 0 Å². The molecule has 1 aromatic carbocycles. The highest BCUT2D eigenvalue weighted by Crippen LogP contribution is 2.27. The molecule has 0 aromatic heterocycles. The zero-order valence-electron chi connectivity index (χ0n) is 12.0. The van der Waals surface area contributed by atoms with Crippen LogP contribution in [0.3, 0.4) is 0 Å². The Hall–Kier alpha value is -0.860. The Labute approximate surface area is 112 Å². The summed E-state index contributed by atoms with van der Waals surface area (Å²) in [5, 5.41) is 8.79. The molecule has 0 radical (unpaired) electrons. The minimum atomic E-state index is 0.315. The van der Waals surface area contributed by atoms with Crippen molar-refractivity contribution in [1.29, 1.82) is 0 Å². The summed E-state index contributed by atoms with van der Waals surface area (Å²) >= 11 is 0. The zero-order valence-corrected chi connectivity index (χ0v) is 12.0. The molecule has 0 saturated carbocycles. The van der Waals surface area contributed by atoms with Crippen LogP contribution in [0.15, 0.2) is 30.3 Å². The maximum absolute atomic E-state index is 8.79. The van der Waals surface area contributed by atoms with E-state index in [0.717, 1.165) is 25.8 Å². The number of hydrogen-bond donors (Lipinski definition) is 1. The van der Waals surface area contributed by atoms with Crippen LogP contribution < -0.4 is 0 Å². The van der Waals surface area contributed by atoms with E-state index < -0.39 is 0 Å². The monoisotopic (exact) mass is 249 g/mol. The van der Waals surface area contributed by atoms with Crippen LogP contribution in [0.2, 0.25) is 0 Å². The highest BCUT2D eigenvalue weighted by molar-refractivity contribution is 5.19. The number of hydrogen-bond acceptors (Lipinski definition) is 2. The second kappa shape index (κ2) is 8.28. The quantitative estimate of drug-likeness (QED) is 0.713. The van der Waals surface area contributed by atoms with Gasteiger partial charge >= 0.3 is 0 Å². The largest absolute Gasteiger partial charge is 0.396 e. The first-order valence-electron chi connectivity index (χ1n) is 7.03. The number of aliphatic hydroxyl groups is 1. The number of benzene rings is 1. The number of rotatable bonds is 8. The first kappa shape index (κ1) is 15.2. The molecule has 0 saturated heterocycles. The third-order valence-corrected chi connectivity index (χ3v) is 3.42.